The third kappa shape index (κ3) is 3.32. The van der Waals surface area contributed by atoms with Gasteiger partial charge in [0.25, 0.3) is 0 Å². The van der Waals surface area contributed by atoms with Gasteiger partial charge < -0.3 is 10.1 Å². The minimum Gasteiger partial charge on any atom is -0.497 e. The Balaban J connectivity index is 2.06. The second-order valence-corrected chi connectivity index (χ2v) is 6.99. The zero-order valence-electron chi connectivity index (χ0n) is 14.4. The van der Waals surface area contributed by atoms with Crippen molar-refractivity contribution in [3.63, 3.8) is 0 Å². The van der Waals surface area contributed by atoms with E-state index in [2.05, 4.69) is 22.1 Å². The first kappa shape index (κ1) is 17.3. The number of benzene rings is 1. The molecule has 2 heterocycles. The summed E-state index contributed by atoms with van der Waals surface area (Å²) in [4.78, 5) is 12.1. The lowest BCUT2D eigenvalue weighted by molar-refractivity contribution is -0.120. The summed E-state index contributed by atoms with van der Waals surface area (Å²) in [7, 11) is 1.64. The summed E-state index contributed by atoms with van der Waals surface area (Å²) in [5.74, 6) is 0.705. The fourth-order valence-corrected chi connectivity index (χ4v) is 3.53. The van der Waals surface area contributed by atoms with Crippen LogP contribution in [0.15, 0.2) is 42.1 Å². The molecular formula is C18H20N4O2S. The first-order valence-electron chi connectivity index (χ1n) is 7.93. The van der Waals surface area contributed by atoms with Crippen LogP contribution in [0.2, 0.25) is 0 Å². The molecule has 130 valence electrons. The van der Waals surface area contributed by atoms with Gasteiger partial charge in [-0.3, -0.25) is 9.20 Å². The van der Waals surface area contributed by atoms with E-state index < -0.39 is 0 Å². The van der Waals surface area contributed by atoms with Crippen molar-refractivity contribution in [3.05, 3.63) is 42.5 Å². The summed E-state index contributed by atoms with van der Waals surface area (Å²) >= 11 is 1.37. The number of carbonyl (C=O) groups is 1. The smallest absolute Gasteiger partial charge is 0.233 e. The van der Waals surface area contributed by atoms with E-state index in [1.54, 1.807) is 13.2 Å². The number of thioether (sulfide) groups is 1. The van der Waals surface area contributed by atoms with Crippen LogP contribution in [0.5, 0.6) is 5.75 Å². The number of nitrogens with zero attached hydrogens (tertiary/aromatic N) is 3. The second-order valence-electron chi connectivity index (χ2n) is 5.68. The Morgan fingerprint density at radius 1 is 1.44 bits per heavy atom. The molecule has 1 amide bonds. The van der Waals surface area contributed by atoms with Crippen LogP contribution in [-0.4, -0.2) is 39.4 Å². The third-order valence-corrected chi connectivity index (χ3v) is 4.99. The molecule has 6 nitrogen and oxygen atoms in total. The molecule has 7 heteroatoms. The predicted octanol–water partition coefficient (Wildman–Crippen LogP) is 2.98. The first-order chi connectivity index (χ1) is 12.0. The Hall–Kier alpha value is -2.54. The summed E-state index contributed by atoms with van der Waals surface area (Å²) in [5, 5.41) is 12.8. The molecule has 0 saturated carbocycles. The van der Waals surface area contributed by atoms with Gasteiger partial charge in [0.1, 0.15) is 5.75 Å². The highest BCUT2D eigenvalue weighted by molar-refractivity contribution is 8.00. The maximum atomic E-state index is 12.1. The molecule has 0 aliphatic heterocycles. The van der Waals surface area contributed by atoms with E-state index in [0.717, 1.165) is 27.9 Å². The van der Waals surface area contributed by atoms with Crippen molar-refractivity contribution < 1.29 is 9.53 Å². The van der Waals surface area contributed by atoms with Gasteiger partial charge in [0.05, 0.1) is 17.9 Å². The van der Waals surface area contributed by atoms with E-state index in [4.69, 9.17) is 4.74 Å². The number of aryl methyl sites for hydroxylation is 1. The van der Waals surface area contributed by atoms with Crippen LogP contribution in [0, 0.1) is 6.92 Å². The van der Waals surface area contributed by atoms with Crippen LogP contribution in [0.1, 0.15) is 12.5 Å². The lowest BCUT2D eigenvalue weighted by Gasteiger charge is -2.12. The average Bonchev–Trinajstić information content (AvgIpc) is 3.01. The Bertz CT molecular complexity index is 951. The second kappa shape index (κ2) is 7.14. The van der Waals surface area contributed by atoms with Crippen LogP contribution in [0.4, 0.5) is 0 Å². The molecule has 1 unspecified atom stereocenters. The molecule has 0 bridgehead atoms. The first-order valence-corrected chi connectivity index (χ1v) is 8.81. The van der Waals surface area contributed by atoms with Gasteiger partial charge in [-0.25, -0.2) is 0 Å². The predicted molar refractivity (Wildman–Crippen MR) is 100 cm³/mol. The van der Waals surface area contributed by atoms with Crippen LogP contribution in [-0.2, 0) is 4.79 Å². The summed E-state index contributed by atoms with van der Waals surface area (Å²) in [5.41, 5.74) is 2.82. The number of carbonyl (C=O) groups excluding carboxylic acids is 1. The molecule has 0 fully saturated rings. The number of pyridine rings is 1. The zero-order chi connectivity index (χ0) is 18.0. The molecular weight excluding hydrogens is 336 g/mol. The summed E-state index contributed by atoms with van der Waals surface area (Å²) in [6, 6.07) is 7.92. The van der Waals surface area contributed by atoms with Crippen molar-refractivity contribution in [3.8, 4) is 5.75 Å². The summed E-state index contributed by atoms with van der Waals surface area (Å²) in [6.45, 7) is 7.95. The Morgan fingerprint density at radius 3 is 2.96 bits per heavy atom. The van der Waals surface area contributed by atoms with Crippen LogP contribution < -0.4 is 10.1 Å². The third-order valence-electron chi connectivity index (χ3n) is 3.95. The summed E-state index contributed by atoms with van der Waals surface area (Å²) < 4.78 is 7.32. The van der Waals surface area contributed by atoms with Gasteiger partial charge in [-0.15, -0.1) is 16.8 Å². The number of hydrogen-bond donors (Lipinski definition) is 1. The van der Waals surface area contributed by atoms with Crippen molar-refractivity contribution in [2.75, 3.05) is 13.7 Å². The highest BCUT2D eigenvalue weighted by atomic mass is 32.2. The molecule has 1 aromatic carbocycles. The van der Waals surface area contributed by atoms with Crippen molar-refractivity contribution in [2.45, 2.75) is 24.3 Å². The average molecular weight is 356 g/mol. The summed E-state index contributed by atoms with van der Waals surface area (Å²) in [6.07, 6.45) is 1.66. The standard InChI is InChI=1S/C18H20N4O2S/c1-5-8-19-17(23)12(3)25-18-21-20-16-9-11(2)14-7-6-13(24-4)10-15(14)22(16)18/h5-7,9-10,12H,1,8H2,2-4H3,(H,19,23). The van der Waals surface area contributed by atoms with Crippen molar-refractivity contribution in [1.82, 2.24) is 19.9 Å². The molecule has 0 saturated heterocycles. The molecule has 2 aromatic heterocycles. The van der Waals surface area contributed by atoms with Gasteiger partial charge in [-0.2, -0.15) is 0 Å². The molecule has 3 rings (SSSR count). The van der Waals surface area contributed by atoms with Crippen molar-refractivity contribution in [1.29, 1.82) is 0 Å². The molecule has 1 N–H and O–H groups in total. The number of fused-ring (bicyclic) bond motifs is 3. The Kier molecular flexibility index (Phi) is 4.94. The van der Waals surface area contributed by atoms with Crippen molar-refractivity contribution in [2.24, 2.45) is 0 Å². The maximum absolute atomic E-state index is 12.1. The molecule has 3 aromatic rings. The van der Waals surface area contributed by atoms with Gasteiger partial charge in [-0.1, -0.05) is 17.8 Å². The van der Waals surface area contributed by atoms with Crippen LogP contribution in [0.25, 0.3) is 16.6 Å². The fourth-order valence-electron chi connectivity index (χ4n) is 2.63. The van der Waals surface area contributed by atoms with Crippen molar-refractivity contribution >= 4 is 34.2 Å². The van der Waals surface area contributed by atoms with Crippen LogP contribution >= 0.6 is 11.8 Å². The quantitative estimate of drug-likeness (QED) is 0.543. The highest BCUT2D eigenvalue weighted by Crippen LogP contribution is 2.30. The van der Waals surface area contributed by atoms with E-state index in [1.807, 2.05) is 42.5 Å². The molecule has 0 aliphatic carbocycles. The minimum atomic E-state index is -0.297. The van der Waals surface area contributed by atoms with Crippen LogP contribution in [0.3, 0.4) is 0 Å². The Labute approximate surface area is 150 Å². The molecule has 1 atom stereocenters. The van der Waals surface area contributed by atoms with Gasteiger partial charge in [0.15, 0.2) is 10.8 Å². The van der Waals surface area contributed by atoms with E-state index in [9.17, 15) is 4.79 Å². The maximum Gasteiger partial charge on any atom is 0.233 e. The molecule has 25 heavy (non-hydrogen) atoms. The molecule has 0 spiro atoms. The number of aromatic nitrogens is 3. The van der Waals surface area contributed by atoms with Gasteiger partial charge in [0, 0.05) is 18.0 Å². The van der Waals surface area contributed by atoms with Gasteiger partial charge >= 0.3 is 0 Å². The van der Waals surface area contributed by atoms with E-state index in [-0.39, 0.29) is 11.2 Å². The number of methoxy groups -OCH3 is 1. The molecule has 0 radical (unpaired) electrons. The van der Waals surface area contributed by atoms with E-state index in [0.29, 0.717) is 11.7 Å². The topological polar surface area (TPSA) is 68.5 Å². The number of amides is 1. The number of ether oxygens (including phenoxy) is 1. The SMILES string of the molecule is C=CCNC(=O)C(C)Sc1nnc2cc(C)c3ccc(OC)cc3n12. The van der Waals surface area contributed by atoms with E-state index >= 15 is 0 Å². The zero-order valence-corrected chi connectivity index (χ0v) is 15.3. The van der Waals surface area contributed by atoms with Gasteiger partial charge in [0.2, 0.25) is 5.91 Å². The molecule has 0 aliphatic rings. The monoisotopic (exact) mass is 356 g/mol. The minimum absolute atomic E-state index is 0.0596. The highest BCUT2D eigenvalue weighted by Gasteiger charge is 2.19. The lowest BCUT2D eigenvalue weighted by atomic mass is 10.1. The number of rotatable bonds is 6. The number of hydrogen-bond acceptors (Lipinski definition) is 5. The number of nitrogens with one attached hydrogen (secondary N) is 1. The normalized spacial score (nSPS) is 12.3. The fraction of sp³-hybridized carbons (Fsp3) is 0.278. The van der Waals surface area contributed by atoms with E-state index in [1.165, 1.54) is 11.8 Å². The Morgan fingerprint density at radius 2 is 2.24 bits per heavy atom. The van der Waals surface area contributed by atoms with Gasteiger partial charge in [-0.05, 0) is 37.6 Å². The lowest BCUT2D eigenvalue weighted by Crippen LogP contribution is -2.31. The largest absolute Gasteiger partial charge is 0.497 e.